The Hall–Kier alpha value is -2.73. The van der Waals surface area contributed by atoms with Gasteiger partial charge in [-0.3, -0.25) is 4.40 Å². The van der Waals surface area contributed by atoms with Gasteiger partial charge in [0.05, 0.1) is 13.2 Å². The molecule has 0 radical (unpaired) electrons. The number of phenolic OH excluding ortho intramolecular Hbond substituents is 1. The number of anilines is 1. The Morgan fingerprint density at radius 3 is 2.96 bits per heavy atom. The molecule has 1 atom stereocenters. The van der Waals surface area contributed by atoms with Crippen LogP contribution in [0.2, 0.25) is 0 Å². The van der Waals surface area contributed by atoms with E-state index in [9.17, 15) is 5.11 Å². The predicted molar refractivity (Wildman–Crippen MR) is 101 cm³/mol. The van der Waals surface area contributed by atoms with E-state index >= 15 is 0 Å². The molecule has 136 valence electrons. The standard InChI is InChI=1S/C20H23N3O3/c1-13-5-3-7-18-22-19(14-8-9-17(25-2)16(24)11-14)20(23(13)18)21-12-15-6-4-10-26-15/h3,5,7-9,11,15,21,24H,4,6,10,12H2,1-2H3/t15-/m1/s1. The lowest BCUT2D eigenvalue weighted by molar-refractivity contribution is 0.120. The molecular weight excluding hydrogens is 330 g/mol. The van der Waals surface area contributed by atoms with Gasteiger partial charge >= 0.3 is 0 Å². The highest BCUT2D eigenvalue weighted by molar-refractivity contribution is 5.78. The van der Waals surface area contributed by atoms with Crippen LogP contribution in [0.15, 0.2) is 36.4 Å². The van der Waals surface area contributed by atoms with Crippen LogP contribution in [-0.2, 0) is 4.74 Å². The third-order valence-electron chi connectivity index (χ3n) is 4.81. The van der Waals surface area contributed by atoms with Gasteiger partial charge in [-0.05, 0) is 50.1 Å². The van der Waals surface area contributed by atoms with E-state index in [1.54, 1.807) is 12.1 Å². The van der Waals surface area contributed by atoms with Crippen molar-refractivity contribution in [2.75, 3.05) is 25.6 Å². The summed E-state index contributed by atoms with van der Waals surface area (Å²) in [5.41, 5.74) is 3.59. The van der Waals surface area contributed by atoms with Crippen molar-refractivity contribution in [1.29, 1.82) is 0 Å². The van der Waals surface area contributed by atoms with E-state index in [0.717, 1.165) is 54.4 Å². The molecular formula is C20H23N3O3. The van der Waals surface area contributed by atoms with Crippen molar-refractivity contribution in [3.8, 4) is 22.8 Å². The highest BCUT2D eigenvalue weighted by atomic mass is 16.5. The molecule has 6 nitrogen and oxygen atoms in total. The molecule has 4 rings (SSSR count). The summed E-state index contributed by atoms with van der Waals surface area (Å²) in [5, 5.41) is 13.7. The molecule has 3 aromatic rings. The van der Waals surface area contributed by atoms with Crippen molar-refractivity contribution < 1.29 is 14.6 Å². The first-order chi connectivity index (χ1) is 12.7. The Bertz CT molecular complexity index is 929. The first kappa shape index (κ1) is 16.7. The summed E-state index contributed by atoms with van der Waals surface area (Å²) in [6.07, 6.45) is 2.40. The van der Waals surface area contributed by atoms with Gasteiger partial charge in [-0.1, -0.05) is 6.07 Å². The van der Waals surface area contributed by atoms with E-state index in [-0.39, 0.29) is 11.9 Å². The second-order valence-corrected chi connectivity index (χ2v) is 6.57. The van der Waals surface area contributed by atoms with Crippen molar-refractivity contribution in [1.82, 2.24) is 9.38 Å². The summed E-state index contributed by atoms with van der Waals surface area (Å²) >= 11 is 0. The largest absolute Gasteiger partial charge is 0.504 e. The number of imidazole rings is 1. The van der Waals surface area contributed by atoms with Gasteiger partial charge in [0.15, 0.2) is 11.5 Å². The topological polar surface area (TPSA) is 68.0 Å². The highest BCUT2D eigenvalue weighted by Crippen LogP contribution is 2.35. The molecule has 0 unspecified atom stereocenters. The maximum Gasteiger partial charge on any atom is 0.160 e. The van der Waals surface area contributed by atoms with E-state index in [4.69, 9.17) is 14.5 Å². The number of aromatic nitrogens is 2. The fourth-order valence-corrected chi connectivity index (χ4v) is 3.47. The number of ether oxygens (including phenoxy) is 2. The van der Waals surface area contributed by atoms with Crippen LogP contribution in [0.1, 0.15) is 18.5 Å². The fraction of sp³-hybridized carbons (Fsp3) is 0.350. The number of methoxy groups -OCH3 is 1. The highest BCUT2D eigenvalue weighted by Gasteiger charge is 2.20. The fourth-order valence-electron chi connectivity index (χ4n) is 3.47. The van der Waals surface area contributed by atoms with Gasteiger partial charge in [0.1, 0.15) is 17.2 Å². The molecule has 26 heavy (non-hydrogen) atoms. The number of aryl methyl sites for hydroxylation is 1. The molecule has 3 heterocycles. The Kier molecular flexibility index (Phi) is 4.42. The molecule has 0 amide bonds. The average molecular weight is 353 g/mol. The Labute approximate surface area is 152 Å². The molecule has 1 aromatic carbocycles. The smallest absolute Gasteiger partial charge is 0.160 e. The number of hydrogen-bond acceptors (Lipinski definition) is 5. The van der Waals surface area contributed by atoms with E-state index in [1.165, 1.54) is 7.11 Å². The summed E-state index contributed by atoms with van der Waals surface area (Å²) in [6.45, 7) is 3.62. The molecule has 1 aliphatic rings. The first-order valence-corrected chi connectivity index (χ1v) is 8.88. The summed E-state index contributed by atoms with van der Waals surface area (Å²) < 4.78 is 13.0. The third kappa shape index (κ3) is 2.97. The zero-order valence-electron chi connectivity index (χ0n) is 15.0. The molecule has 2 N–H and O–H groups in total. The SMILES string of the molecule is COc1ccc(-c2nc3cccc(C)n3c2NC[C@H]2CCCO2)cc1O. The Morgan fingerprint density at radius 1 is 1.35 bits per heavy atom. The van der Waals surface area contributed by atoms with Gasteiger partial charge in [-0.15, -0.1) is 0 Å². The van der Waals surface area contributed by atoms with Gasteiger partial charge in [-0.25, -0.2) is 4.98 Å². The minimum atomic E-state index is 0.101. The number of nitrogens with zero attached hydrogens (tertiary/aromatic N) is 2. The van der Waals surface area contributed by atoms with Crippen molar-refractivity contribution in [2.45, 2.75) is 25.9 Å². The van der Waals surface area contributed by atoms with Gasteiger partial charge in [0.2, 0.25) is 0 Å². The number of benzene rings is 1. The molecule has 2 aromatic heterocycles. The molecule has 0 spiro atoms. The summed E-state index contributed by atoms with van der Waals surface area (Å²) in [6, 6.07) is 11.4. The summed E-state index contributed by atoms with van der Waals surface area (Å²) in [7, 11) is 1.54. The van der Waals surface area contributed by atoms with Crippen LogP contribution in [0.4, 0.5) is 5.82 Å². The molecule has 6 heteroatoms. The Morgan fingerprint density at radius 2 is 2.23 bits per heavy atom. The molecule has 1 saturated heterocycles. The Balaban J connectivity index is 1.78. The zero-order chi connectivity index (χ0) is 18.1. The molecule has 0 saturated carbocycles. The third-order valence-corrected chi connectivity index (χ3v) is 4.81. The van der Waals surface area contributed by atoms with Gasteiger partial charge in [-0.2, -0.15) is 0 Å². The quantitative estimate of drug-likeness (QED) is 0.733. The lowest BCUT2D eigenvalue weighted by Gasteiger charge is -2.14. The second kappa shape index (κ2) is 6.88. The summed E-state index contributed by atoms with van der Waals surface area (Å²) in [5.74, 6) is 1.46. The number of hydrogen-bond donors (Lipinski definition) is 2. The number of rotatable bonds is 5. The average Bonchev–Trinajstić information content (AvgIpc) is 3.28. The van der Waals surface area contributed by atoms with Gasteiger partial charge in [0.25, 0.3) is 0 Å². The maximum absolute atomic E-state index is 10.2. The van der Waals surface area contributed by atoms with Crippen molar-refractivity contribution in [3.63, 3.8) is 0 Å². The number of aromatic hydroxyl groups is 1. The van der Waals surface area contributed by atoms with Crippen LogP contribution in [0, 0.1) is 6.92 Å². The van der Waals surface area contributed by atoms with Crippen LogP contribution < -0.4 is 10.1 Å². The minimum absolute atomic E-state index is 0.101. The maximum atomic E-state index is 10.2. The molecule has 0 aliphatic carbocycles. The lowest BCUT2D eigenvalue weighted by atomic mass is 10.1. The minimum Gasteiger partial charge on any atom is -0.504 e. The molecule has 1 fully saturated rings. The normalized spacial score (nSPS) is 16.9. The van der Waals surface area contributed by atoms with Crippen molar-refractivity contribution >= 4 is 11.5 Å². The summed E-state index contributed by atoms with van der Waals surface area (Å²) in [4.78, 5) is 4.79. The predicted octanol–water partition coefficient (Wildman–Crippen LogP) is 3.61. The number of nitrogens with one attached hydrogen (secondary N) is 1. The van der Waals surface area contributed by atoms with Crippen LogP contribution in [-0.4, -0.2) is 40.9 Å². The van der Waals surface area contributed by atoms with Crippen molar-refractivity contribution in [2.24, 2.45) is 0 Å². The second-order valence-electron chi connectivity index (χ2n) is 6.57. The van der Waals surface area contributed by atoms with E-state index in [1.807, 2.05) is 18.2 Å². The van der Waals surface area contributed by atoms with Gasteiger partial charge in [0, 0.05) is 24.4 Å². The van der Waals surface area contributed by atoms with Crippen LogP contribution in [0.3, 0.4) is 0 Å². The lowest BCUT2D eigenvalue weighted by Crippen LogP contribution is -2.19. The monoisotopic (exact) mass is 353 g/mol. The van der Waals surface area contributed by atoms with Gasteiger partial charge < -0.3 is 19.9 Å². The number of phenols is 1. The van der Waals surface area contributed by atoms with E-state index in [2.05, 4.69) is 22.7 Å². The molecule has 1 aliphatic heterocycles. The van der Waals surface area contributed by atoms with Crippen LogP contribution in [0.5, 0.6) is 11.5 Å². The van der Waals surface area contributed by atoms with E-state index < -0.39 is 0 Å². The zero-order valence-corrected chi connectivity index (χ0v) is 15.0. The number of pyridine rings is 1. The van der Waals surface area contributed by atoms with Crippen LogP contribution in [0.25, 0.3) is 16.9 Å². The van der Waals surface area contributed by atoms with Crippen LogP contribution >= 0.6 is 0 Å². The first-order valence-electron chi connectivity index (χ1n) is 8.88. The number of fused-ring (bicyclic) bond motifs is 1. The van der Waals surface area contributed by atoms with Crippen molar-refractivity contribution in [3.05, 3.63) is 42.1 Å². The molecule has 0 bridgehead atoms. The van der Waals surface area contributed by atoms with E-state index in [0.29, 0.717) is 5.75 Å².